The second-order valence-electron chi connectivity index (χ2n) is 12.3. The van der Waals surface area contributed by atoms with Gasteiger partial charge in [0.2, 0.25) is 0 Å². The van der Waals surface area contributed by atoms with Gasteiger partial charge in [-0.2, -0.15) is 0 Å². The van der Waals surface area contributed by atoms with Crippen LogP contribution in [0, 0.1) is 52.3 Å². The molecule has 168 valence electrons. The number of hydrogen-bond acceptors (Lipinski definition) is 1. The van der Waals surface area contributed by atoms with Gasteiger partial charge in [-0.25, -0.2) is 0 Å². The van der Waals surface area contributed by atoms with E-state index in [1.165, 1.54) is 44.9 Å². The summed E-state index contributed by atoms with van der Waals surface area (Å²) < 4.78 is 0. The van der Waals surface area contributed by atoms with Crippen molar-refractivity contribution in [2.45, 2.75) is 99.3 Å². The van der Waals surface area contributed by atoms with Crippen molar-refractivity contribution in [1.29, 1.82) is 0 Å². The molecule has 4 aliphatic rings. The van der Waals surface area contributed by atoms with Gasteiger partial charge >= 0.3 is 0 Å². The molecule has 0 heterocycles. The van der Waals surface area contributed by atoms with Crippen LogP contribution in [0.1, 0.15) is 99.3 Å². The fraction of sp³-hybridized carbons (Fsp3) is 0.828. The summed E-state index contributed by atoms with van der Waals surface area (Å²) in [4.78, 5) is 13.2. The van der Waals surface area contributed by atoms with Gasteiger partial charge in [-0.05, 0) is 85.4 Å². The number of hydrogen-bond donors (Lipinski definition) is 0. The minimum Gasteiger partial charge on any atom is -0.295 e. The Balaban J connectivity index is 1.50. The Morgan fingerprint density at radius 1 is 1.07 bits per heavy atom. The predicted octanol–water partition coefficient (Wildman–Crippen LogP) is 8.01. The largest absolute Gasteiger partial charge is 0.295 e. The molecule has 1 nitrogen and oxygen atoms in total. The van der Waals surface area contributed by atoms with Crippen LogP contribution in [0.4, 0.5) is 0 Å². The van der Waals surface area contributed by atoms with Gasteiger partial charge in [0.05, 0.1) is 0 Å². The Morgan fingerprint density at radius 2 is 1.83 bits per heavy atom. The first-order chi connectivity index (χ1) is 14.2. The van der Waals surface area contributed by atoms with E-state index in [9.17, 15) is 4.79 Å². The number of fused-ring (bicyclic) bond motifs is 5. The van der Waals surface area contributed by atoms with Gasteiger partial charge in [-0.1, -0.05) is 72.6 Å². The maximum Gasteiger partial charge on any atom is 0.159 e. The molecule has 0 aromatic heterocycles. The Hall–Kier alpha value is -0.850. The molecule has 4 aliphatic carbocycles. The second-order valence-corrected chi connectivity index (χ2v) is 12.3. The zero-order valence-electron chi connectivity index (χ0n) is 20.5. The van der Waals surface area contributed by atoms with Gasteiger partial charge < -0.3 is 0 Å². The van der Waals surface area contributed by atoms with Gasteiger partial charge in [-0.15, -0.1) is 0 Å². The van der Waals surface area contributed by atoms with Crippen LogP contribution in [0.2, 0.25) is 0 Å². The Kier molecular flexibility index (Phi) is 6.15. The summed E-state index contributed by atoms with van der Waals surface area (Å²) in [5, 5.41) is 0. The summed E-state index contributed by atoms with van der Waals surface area (Å²) in [6.07, 6.45) is 18.1. The lowest BCUT2D eigenvalue weighted by Gasteiger charge is -2.57. The van der Waals surface area contributed by atoms with E-state index in [0.29, 0.717) is 23.0 Å². The molecule has 0 bridgehead atoms. The fourth-order valence-electron chi connectivity index (χ4n) is 8.89. The molecular formula is C29H46O. The molecule has 0 saturated heterocycles. The molecule has 30 heavy (non-hydrogen) atoms. The SMILES string of the molecule is CCC(CCC(C)C1CCC2C3CC(=O)C4=CC=CCC4(C)C3CCC12C)C(C)C. The number of rotatable bonds is 6. The highest BCUT2D eigenvalue weighted by molar-refractivity contribution is 5.98. The lowest BCUT2D eigenvalue weighted by molar-refractivity contribution is -0.128. The summed E-state index contributed by atoms with van der Waals surface area (Å²) in [5.74, 6) is 5.95. The molecule has 8 unspecified atom stereocenters. The lowest BCUT2D eigenvalue weighted by atomic mass is 9.46. The summed E-state index contributed by atoms with van der Waals surface area (Å²) in [6, 6.07) is 0. The van der Waals surface area contributed by atoms with Crippen molar-refractivity contribution in [2.24, 2.45) is 52.3 Å². The minimum atomic E-state index is 0.103. The third-order valence-corrected chi connectivity index (χ3v) is 10.8. The highest BCUT2D eigenvalue weighted by atomic mass is 16.1. The molecule has 3 fully saturated rings. The first-order valence-electron chi connectivity index (χ1n) is 13.1. The number of carbonyl (C=O) groups excluding carboxylic acids is 1. The van der Waals surface area contributed by atoms with Crippen molar-refractivity contribution >= 4 is 5.78 Å². The normalized spacial score (nSPS) is 42.4. The Labute approximate surface area is 186 Å². The van der Waals surface area contributed by atoms with Crippen LogP contribution >= 0.6 is 0 Å². The van der Waals surface area contributed by atoms with E-state index in [-0.39, 0.29) is 5.41 Å². The van der Waals surface area contributed by atoms with Crippen molar-refractivity contribution < 1.29 is 4.79 Å². The molecule has 0 N–H and O–H groups in total. The molecule has 3 saturated carbocycles. The molecule has 0 aliphatic heterocycles. The van der Waals surface area contributed by atoms with E-state index in [1.54, 1.807) is 0 Å². The van der Waals surface area contributed by atoms with Crippen molar-refractivity contribution in [3.8, 4) is 0 Å². The summed E-state index contributed by atoms with van der Waals surface area (Å²) >= 11 is 0. The first kappa shape index (κ1) is 22.3. The van der Waals surface area contributed by atoms with E-state index < -0.39 is 0 Å². The summed E-state index contributed by atoms with van der Waals surface area (Å²) in [6.45, 7) is 14.8. The van der Waals surface area contributed by atoms with E-state index in [2.05, 4.69) is 59.8 Å². The van der Waals surface area contributed by atoms with Crippen molar-refractivity contribution in [3.05, 3.63) is 23.8 Å². The monoisotopic (exact) mass is 410 g/mol. The average molecular weight is 411 g/mol. The highest BCUT2D eigenvalue weighted by Crippen LogP contribution is 2.67. The zero-order valence-corrected chi connectivity index (χ0v) is 20.5. The van der Waals surface area contributed by atoms with Gasteiger partial charge in [0.15, 0.2) is 5.78 Å². The van der Waals surface area contributed by atoms with Crippen molar-refractivity contribution in [1.82, 2.24) is 0 Å². The van der Waals surface area contributed by atoms with Crippen LogP contribution in [0.25, 0.3) is 0 Å². The zero-order chi connectivity index (χ0) is 21.7. The lowest BCUT2D eigenvalue weighted by Crippen LogP contribution is -2.52. The van der Waals surface area contributed by atoms with Crippen LogP contribution in [-0.4, -0.2) is 5.78 Å². The third-order valence-electron chi connectivity index (χ3n) is 10.8. The van der Waals surface area contributed by atoms with Crippen molar-refractivity contribution in [2.75, 3.05) is 0 Å². The summed E-state index contributed by atoms with van der Waals surface area (Å²) in [5.41, 5.74) is 1.71. The maximum atomic E-state index is 13.2. The first-order valence-corrected chi connectivity index (χ1v) is 13.1. The number of allylic oxidation sites excluding steroid dienone is 4. The Bertz CT molecular complexity index is 714. The van der Waals surface area contributed by atoms with Gasteiger partial charge in [0, 0.05) is 17.4 Å². The molecule has 1 heteroatoms. The molecule has 0 aromatic carbocycles. The van der Waals surface area contributed by atoms with E-state index in [4.69, 9.17) is 0 Å². The number of ketones is 1. The second kappa shape index (κ2) is 8.25. The maximum absolute atomic E-state index is 13.2. The topological polar surface area (TPSA) is 17.1 Å². The predicted molar refractivity (Wildman–Crippen MR) is 127 cm³/mol. The average Bonchev–Trinajstić information content (AvgIpc) is 3.05. The molecule has 0 radical (unpaired) electrons. The van der Waals surface area contributed by atoms with E-state index in [0.717, 1.165) is 48.0 Å². The summed E-state index contributed by atoms with van der Waals surface area (Å²) in [7, 11) is 0. The molecule has 8 atom stereocenters. The fourth-order valence-corrected chi connectivity index (χ4v) is 8.89. The highest BCUT2D eigenvalue weighted by Gasteiger charge is 2.60. The number of carbonyl (C=O) groups is 1. The van der Waals surface area contributed by atoms with Gasteiger partial charge in [0.25, 0.3) is 0 Å². The van der Waals surface area contributed by atoms with Gasteiger partial charge in [-0.3, -0.25) is 4.79 Å². The van der Waals surface area contributed by atoms with Crippen LogP contribution in [0.3, 0.4) is 0 Å². The van der Waals surface area contributed by atoms with Crippen molar-refractivity contribution in [3.63, 3.8) is 0 Å². The standard InChI is InChI=1S/C29H46O/c1-7-21(19(2)3)12-11-20(4)23-13-14-24-22-18-27(30)26-10-8-9-16-28(26,5)25(22)15-17-29(23,24)6/h8-10,19-25H,7,11-18H2,1-6H3. The molecule has 0 amide bonds. The minimum absolute atomic E-state index is 0.103. The third kappa shape index (κ3) is 3.47. The smallest absolute Gasteiger partial charge is 0.159 e. The molecule has 0 spiro atoms. The number of Topliss-reactive ketones (excluding diaryl/α,β-unsaturated/α-hetero) is 1. The van der Waals surface area contributed by atoms with Gasteiger partial charge in [0.1, 0.15) is 0 Å². The Morgan fingerprint density at radius 3 is 2.53 bits per heavy atom. The van der Waals surface area contributed by atoms with Crippen LogP contribution in [-0.2, 0) is 4.79 Å². The van der Waals surface area contributed by atoms with E-state index >= 15 is 0 Å². The van der Waals surface area contributed by atoms with Crippen LogP contribution in [0.15, 0.2) is 23.8 Å². The molecular weight excluding hydrogens is 364 g/mol. The van der Waals surface area contributed by atoms with E-state index in [1.807, 2.05) is 0 Å². The van der Waals surface area contributed by atoms with Crippen LogP contribution < -0.4 is 0 Å². The molecule has 0 aromatic rings. The quantitative estimate of drug-likeness (QED) is 0.433. The van der Waals surface area contributed by atoms with Crippen LogP contribution in [0.5, 0.6) is 0 Å². The molecule has 4 rings (SSSR count).